The van der Waals surface area contributed by atoms with Gasteiger partial charge in [0.15, 0.2) is 5.82 Å². The maximum absolute atomic E-state index is 13.1. The van der Waals surface area contributed by atoms with Gasteiger partial charge in [-0.15, -0.1) is 0 Å². The summed E-state index contributed by atoms with van der Waals surface area (Å²) in [6, 6.07) is 22.1. The number of benzene rings is 3. The van der Waals surface area contributed by atoms with E-state index < -0.39 is 30.4 Å². The quantitative estimate of drug-likeness (QED) is 0.221. The summed E-state index contributed by atoms with van der Waals surface area (Å²) in [6.07, 6.45) is 3.77. The number of aromatic nitrogens is 2. The number of nitrogens with zero attached hydrogens (tertiary/aromatic N) is 2. The van der Waals surface area contributed by atoms with Gasteiger partial charge >= 0.3 is 5.97 Å². The molecule has 44 heavy (non-hydrogen) atoms. The minimum Gasteiger partial charge on any atom is -0.480 e. The van der Waals surface area contributed by atoms with E-state index in [-0.39, 0.29) is 17.3 Å². The molecular weight excluding hydrogens is 552 g/mol. The van der Waals surface area contributed by atoms with Crippen molar-refractivity contribution in [2.75, 3.05) is 6.54 Å². The number of carbonyl (C=O) groups is 3. The van der Waals surface area contributed by atoms with Crippen LogP contribution in [0.2, 0.25) is 0 Å². The maximum atomic E-state index is 13.1. The molecule has 0 bridgehead atoms. The van der Waals surface area contributed by atoms with E-state index in [4.69, 9.17) is 5.11 Å². The molecule has 0 aliphatic rings. The van der Waals surface area contributed by atoms with E-state index in [1.807, 2.05) is 36.4 Å². The summed E-state index contributed by atoms with van der Waals surface area (Å²) in [5, 5.41) is 14.2. The topological polar surface area (TPSA) is 121 Å². The molecule has 0 saturated carbocycles. The Morgan fingerprint density at radius 3 is 1.70 bits per heavy atom. The second-order valence-corrected chi connectivity index (χ2v) is 13.0. The van der Waals surface area contributed by atoms with Crippen molar-refractivity contribution >= 4 is 17.8 Å². The second kappa shape index (κ2) is 13.2. The van der Waals surface area contributed by atoms with Gasteiger partial charge in [-0.2, -0.15) is 0 Å². The van der Waals surface area contributed by atoms with Crippen LogP contribution in [0.3, 0.4) is 0 Å². The summed E-state index contributed by atoms with van der Waals surface area (Å²) in [4.78, 5) is 46.1. The third-order valence-electron chi connectivity index (χ3n) is 7.44. The molecule has 0 saturated heterocycles. The molecule has 4 rings (SSSR count). The lowest BCUT2D eigenvalue weighted by Gasteiger charge is -2.20. The number of nitrogens with one attached hydrogen (secondary N) is 2. The van der Waals surface area contributed by atoms with Crippen molar-refractivity contribution in [3.05, 3.63) is 107 Å². The Kier molecular flexibility index (Phi) is 9.62. The number of aliphatic carboxylic acids is 1. The Balaban J connectivity index is 1.47. The lowest BCUT2D eigenvalue weighted by atomic mass is 9.86. The fourth-order valence-corrected chi connectivity index (χ4v) is 4.67. The fourth-order valence-electron chi connectivity index (χ4n) is 4.67. The first-order valence-electron chi connectivity index (χ1n) is 14.6. The predicted octanol–water partition coefficient (Wildman–Crippen LogP) is 5.95. The van der Waals surface area contributed by atoms with Gasteiger partial charge in [-0.3, -0.25) is 14.4 Å². The van der Waals surface area contributed by atoms with Crippen molar-refractivity contribution in [1.82, 2.24) is 20.6 Å². The number of hydrogen-bond donors (Lipinski definition) is 3. The molecule has 0 spiro atoms. The molecule has 0 fully saturated rings. The second-order valence-electron chi connectivity index (χ2n) is 13.0. The zero-order valence-electron chi connectivity index (χ0n) is 26.1. The van der Waals surface area contributed by atoms with Crippen LogP contribution in [0.4, 0.5) is 0 Å². The maximum Gasteiger partial charge on any atom is 0.322 e. The number of hydrogen-bond acceptors (Lipinski definition) is 5. The molecule has 0 aliphatic heterocycles. The molecule has 8 heteroatoms. The standard InChI is InChI=1S/C36H40N4O4/c1-35(2,3)28-15-11-24(12-16-28)27-20-37-32(38-21-27)25-9-7-23(8-10-25)19-30(34(44)39-22-31(41)42)40-33(43)26-13-17-29(18-14-26)36(4,5)6/h7-18,20-21,30H,19,22H2,1-6H3,(H,39,44)(H,40,43)(H,41,42). The van der Waals surface area contributed by atoms with Gasteiger partial charge in [0.25, 0.3) is 5.91 Å². The molecule has 0 aliphatic carbocycles. The van der Waals surface area contributed by atoms with Gasteiger partial charge in [0, 0.05) is 35.5 Å². The minimum atomic E-state index is -1.17. The highest BCUT2D eigenvalue weighted by molar-refractivity contribution is 5.98. The summed E-state index contributed by atoms with van der Waals surface area (Å²) < 4.78 is 0. The Morgan fingerprint density at radius 1 is 0.705 bits per heavy atom. The molecular formula is C36H40N4O4. The molecule has 8 nitrogen and oxygen atoms in total. The van der Waals surface area contributed by atoms with Crippen LogP contribution in [0.5, 0.6) is 0 Å². The molecule has 1 aromatic heterocycles. The Morgan fingerprint density at radius 2 is 1.20 bits per heavy atom. The van der Waals surface area contributed by atoms with Gasteiger partial charge in [-0.05, 0) is 45.2 Å². The third-order valence-corrected chi connectivity index (χ3v) is 7.44. The zero-order valence-corrected chi connectivity index (χ0v) is 26.1. The van der Waals surface area contributed by atoms with Crippen LogP contribution in [0, 0.1) is 0 Å². The lowest BCUT2D eigenvalue weighted by Crippen LogP contribution is -2.49. The normalized spacial score (nSPS) is 12.3. The smallest absolute Gasteiger partial charge is 0.322 e. The molecule has 0 radical (unpaired) electrons. The first-order chi connectivity index (χ1) is 20.7. The summed E-state index contributed by atoms with van der Waals surface area (Å²) >= 11 is 0. The largest absolute Gasteiger partial charge is 0.480 e. The number of carboxylic acid groups (broad SMARTS) is 1. The Bertz CT molecular complexity index is 1600. The minimum absolute atomic E-state index is 0.0636. The van der Waals surface area contributed by atoms with Gasteiger partial charge in [0.1, 0.15) is 12.6 Å². The van der Waals surface area contributed by atoms with Gasteiger partial charge < -0.3 is 15.7 Å². The van der Waals surface area contributed by atoms with Crippen LogP contribution in [0.15, 0.2) is 85.2 Å². The highest BCUT2D eigenvalue weighted by atomic mass is 16.4. The summed E-state index contributed by atoms with van der Waals surface area (Å²) in [5.41, 5.74) is 6.32. The third kappa shape index (κ3) is 8.37. The van der Waals surface area contributed by atoms with Gasteiger partial charge in [0.05, 0.1) is 0 Å². The first kappa shape index (κ1) is 32.1. The van der Waals surface area contributed by atoms with Crippen molar-refractivity contribution in [3.8, 4) is 22.5 Å². The van der Waals surface area contributed by atoms with Crippen molar-refractivity contribution < 1.29 is 19.5 Å². The molecule has 3 aromatic carbocycles. The molecule has 3 N–H and O–H groups in total. The summed E-state index contributed by atoms with van der Waals surface area (Å²) in [5.74, 6) is -1.60. The highest BCUT2D eigenvalue weighted by Gasteiger charge is 2.23. The van der Waals surface area contributed by atoms with Crippen LogP contribution in [0.1, 0.15) is 68.6 Å². The predicted molar refractivity (Wildman–Crippen MR) is 172 cm³/mol. The van der Waals surface area contributed by atoms with Gasteiger partial charge in [-0.25, -0.2) is 9.97 Å². The fraction of sp³-hybridized carbons (Fsp3) is 0.306. The van der Waals surface area contributed by atoms with Crippen molar-refractivity contribution in [2.24, 2.45) is 0 Å². The van der Waals surface area contributed by atoms with Crippen LogP contribution in [0.25, 0.3) is 22.5 Å². The number of amides is 2. The molecule has 4 aromatic rings. The van der Waals surface area contributed by atoms with Crippen molar-refractivity contribution in [1.29, 1.82) is 0 Å². The highest BCUT2D eigenvalue weighted by Crippen LogP contribution is 2.27. The van der Waals surface area contributed by atoms with Crippen LogP contribution in [-0.2, 0) is 26.8 Å². The number of carbonyl (C=O) groups excluding carboxylic acids is 2. The van der Waals surface area contributed by atoms with Gasteiger partial charge in [-0.1, -0.05) is 102 Å². The van der Waals surface area contributed by atoms with E-state index in [1.165, 1.54) is 5.56 Å². The summed E-state index contributed by atoms with van der Waals surface area (Å²) in [6.45, 7) is 12.3. The zero-order chi connectivity index (χ0) is 32.1. The number of carboxylic acids is 1. The van der Waals surface area contributed by atoms with E-state index in [0.29, 0.717) is 11.4 Å². The monoisotopic (exact) mass is 592 g/mol. The Labute approximate surface area is 259 Å². The molecule has 2 amide bonds. The van der Waals surface area contributed by atoms with Crippen LogP contribution >= 0.6 is 0 Å². The molecule has 1 heterocycles. The van der Waals surface area contributed by atoms with E-state index >= 15 is 0 Å². The first-order valence-corrected chi connectivity index (χ1v) is 14.6. The molecule has 1 unspecified atom stereocenters. The Hall–Kier alpha value is -4.85. The van der Waals surface area contributed by atoms with Crippen LogP contribution in [-0.4, -0.2) is 45.4 Å². The van der Waals surface area contributed by atoms with E-state index in [1.54, 1.807) is 24.5 Å². The van der Waals surface area contributed by atoms with Crippen molar-refractivity contribution in [3.63, 3.8) is 0 Å². The summed E-state index contributed by atoms with van der Waals surface area (Å²) in [7, 11) is 0. The SMILES string of the molecule is CC(C)(C)c1ccc(C(=O)NC(Cc2ccc(-c3ncc(-c4ccc(C(C)(C)C)cc4)cn3)cc2)C(=O)NCC(=O)O)cc1. The van der Waals surface area contributed by atoms with Crippen molar-refractivity contribution in [2.45, 2.75) is 64.8 Å². The molecule has 1 atom stereocenters. The number of rotatable bonds is 9. The average Bonchev–Trinajstić information content (AvgIpc) is 2.99. The van der Waals surface area contributed by atoms with E-state index in [0.717, 1.165) is 27.8 Å². The molecule has 228 valence electrons. The van der Waals surface area contributed by atoms with E-state index in [2.05, 4.69) is 86.4 Å². The van der Waals surface area contributed by atoms with Gasteiger partial charge in [0.2, 0.25) is 5.91 Å². The van der Waals surface area contributed by atoms with Crippen LogP contribution < -0.4 is 10.6 Å². The van der Waals surface area contributed by atoms with E-state index in [9.17, 15) is 14.4 Å². The average molecular weight is 593 g/mol. The lowest BCUT2D eigenvalue weighted by molar-refractivity contribution is -0.138.